The predicted molar refractivity (Wildman–Crippen MR) is 146 cm³/mol. The fourth-order valence-corrected chi connectivity index (χ4v) is 6.79. The Morgan fingerprint density at radius 3 is 2.22 bits per heavy atom. The number of rotatable bonds is 10. The fourth-order valence-electron chi connectivity index (χ4n) is 5.05. The summed E-state index contributed by atoms with van der Waals surface area (Å²) in [5.74, 6) is -0.140. The van der Waals surface area contributed by atoms with E-state index in [1.54, 1.807) is 38.1 Å². The Bertz CT molecular complexity index is 1070. The highest BCUT2D eigenvalue weighted by molar-refractivity contribution is 7.60. The number of ether oxygens (including phenoxy) is 1. The molecule has 1 fully saturated rings. The van der Waals surface area contributed by atoms with Gasteiger partial charge in [-0.2, -0.15) is 0 Å². The van der Waals surface area contributed by atoms with Crippen LogP contribution in [0.15, 0.2) is 59.9 Å². The lowest BCUT2D eigenvalue weighted by Crippen LogP contribution is -2.43. The highest BCUT2D eigenvalue weighted by atomic mass is 35.5. The van der Waals surface area contributed by atoms with E-state index in [9.17, 15) is 9.36 Å². The maximum absolute atomic E-state index is 13.8. The normalized spacial score (nSPS) is 21.3. The smallest absolute Gasteiger partial charge is 0.368 e. The molecule has 196 valence electrons. The zero-order chi connectivity index (χ0) is 26.3. The van der Waals surface area contributed by atoms with E-state index in [-0.39, 0.29) is 36.0 Å². The predicted octanol–water partition coefficient (Wildman–Crippen LogP) is 8.27. The summed E-state index contributed by atoms with van der Waals surface area (Å²) in [4.78, 5) is 13.7. The van der Waals surface area contributed by atoms with Gasteiger partial charge in [0.05, 0.1) is 13.2 Å². The first-order chi connectivity index (χ1) is 17.1. The Kier molecular flexibility index (Phi) is 10.00. The molecule has 1 saturated carbocycles. The molecule has 0 unspecified atom stereocenters. The van der Waals surface area contributed by atoms with Crippen molar-refractivity contribution in [3.63, 3.8) is 0 Å². The monoisotopic (exact) mass is 532 g/mol. The maximum Gasteiger partial charge on any atom is 0.368 e. The number of hydrogen-bond donors (Lipinski definition) is 0. The summed E-state index contributed by atoms with van der Waals surface area (Å²) >= 11 is 6.04. The molecule has 0 spiro atoms. The van der Waals surface area contributed by atoms with E-state index in [4.69, 9.17) is 25.4 Å². The van der Waals surface area contributed by atoms with Gasteiger partial charge in [-0.05, 0) is 67.4 Å². The van der Waals surface area contributed by atoms with E-state index in [0.29, 0.717) is 16.5 Å². The van der Waals surface area contributed by atoms with Gasteiger partial charge in [-0.3, -0.25) is 4.57 Å². The summed E-state index contributed by atoms with van der Waals surface area (Å²) in [6.07, 6.45) is 3.95. The van der Waals surface area contributed by atoms with Crippen LogP contribution in [-0.2, 0) is 28.6 Å². The largest absolute Gasteiger partial charge is 0.458 e. The van der Waals surface area contributed by atoms with Crippen LogP contribution < -0.4 is 0 Å². The van der Waals surface area contributed by atoms with Crippen molar-refractivity contribution in [3.05, 3.63) is 76.1 Å². The van der Waals surface area contributed by atoms with E-state index in [2.05, 4.69) is 32.9 Å². The zero-order valence-electron chi connectivity index (χ0n) is 21.9. The second-order valence-electron chi connectivity index (χ2n) is 9.97. The first kappa shape index (κ1) is 28.7. The summed E-state index contributed by atoms with van der Waals surface area (Å²) in [5.41, 5.74) is 1.65. The molecular formula is C29H38ClO5P. The zero-order valence-corrected chi connectivity index (χ0v) is 23.6. The number of carbonyl (C=O) groups is 1. The minimum absolute atomic E-state index is 0.0944. The van der Waals surface area contributed by atoms with Crippen LogP contribution >= 0.6 is 19.2 Å². The fraction of sp³-hybridized carbons (Fsp3) is 0.483. The molecule has 0 radical (unpaired) electrons. The average Bonchev–Trinajstić information content (AvgIpc) is 2.84. The molecule has 0 bridgehead atoms. The van der Waals surface area contributed by atoms with E-state index in [1.807, 2.05) is 18.2 Å². The minimum Gasteiger partial charge on any atom is -0.458 e. The minimum atomic E-state index is -3.91. The van der Waals surface area contributed by atoms with Crippen LogP contribution in [0.2, 0.25) is 5.02 Å². The molecule has 3 atom stereocenters. The first-order valence-electron chi connectivity index (χ1n) is 12.7. The second-order valence-corrected chi connectivity index (χ2v) is 12.4. The van der Waals surface area contributed by atoms with Crippen molar-refractivity contribution in [2.45, 2.75) is 65.4 Å². The van der Waals surface area contributed by atoms with Gasteiger partial charge in [-0.1, -0.05) is 81.3 Å². The van der Waals surface area contributed by atoms with Gasteiger partial charge in [0, 0.05) is 10.9 Å². The second kappa shape index (κ2) is 12.6. The maximum atomic E-state index is 13.8. The van der Waals surface area contributed by atoms with E-state index in [0.717, 1.165) is 19.3 Å². The molecule has 36 heavy (non-hydrogen) atoms. The summed E-state index contributed by atoms with van der Waals surface area (Å²) < 4.78 is 31.1. The third kappa shape index (κ3) is 6.89. The van der Waals surface area contributed by atoms with Crippen LogP contribution in [-0.4, -0.2) is 25.3 Å². The van der Waals surface area contributed by atoms with Gasteiger partial charge >= 0.3 is 13.6 Å². The molecule has 0 heterocycles. The average molecular weight is 533 g/mol. The number of benzene rings is 2. The molecule has 1 aliphatic rings. The number of carbonyl (C=O) groups excluding carboxylic acids is 1. The van der Waals surface area contributed by atoms with Crippen molar-refractivity contribution in [2.75, 3.05) is 13.2 Å². The highest BCUT2D eigenvalue weighted by Crippen LogP contribution is 2.57. The highest BCUT2D eigenvalue weighted by Gasteiger charge is 2.44. The third-order valence-corrected chi connectivity index (χ3v) is 9.38. The van der Waals surface area contributed by atoms with Crippen LogP contribution in [0, 0.1) is 11.8 Å². The van der Waals surface area contributed by atoms with Crippen molar-refractivity contribution >= 4 is 31.2 Å². The Morgan fingerprint density at radius 2 is 1.64 bits per heavy atom. The van der Waals surface area contributed by atoms with Gasteiger partial charge in [0.25, 0.3) is 0 Å². The molecule has 0 amide bonds. The van der Waals surface area contributed by atoms with Crippen LogP contribution in [0.1, 0.15) is 65.0 Å². The van der Waals surface area contributed by atoms with Crippen molar-refractivity contribution in [2.24, 2.45) is 11.8 Å². The van der Waals surface area contributed by atoms with Gasteiger partial charge in [0.1, 0.15) is 11.4 Å². The molecule has 2 aromatic rings. The van der Waals surface area contributed by atoms with Crippen LogP contribution in [0.3, 0.4) is 0 Å². The van der Waals surface area contributed by atoms with Crippen molar-refractivity contribution in [1.29, 1.82) is 0 Å². The molecule has 0 N–H and O–H groups in total. The van der Waals surface area contributed by atoms with E-state index in [1.165, 1.54) is 11.6 Å². The van der Waals surface area contributed by atoms with Gasteiger partial charge in [0.15, 0.2) is 0 Å². The lowest BCUT2D eigenvalue weighted by atomic mass is 9.64. The Morgan fingerprint density at radius 1 is 1.03 bits per heavy atom. The summed E-state index contributed by atoms with van der Waals surface area (Å²) in [6.45, 7) is 10.3. The Labute approximate surface area is 220 Å². The van der Waals surface area contributed by atoms with Gasteiger partial charge < -0.3 is 13.8 Å². The first-order valence-corrected chi connectivity index (χ1v) is 14.7. The molecule has 0 saturated heterocycles. The molecule has 3 rings (SSSR count). The Balaban J connectivity index is 1.98. The molecule has 5 nitrogen and oxygen atoms in total. The summed E-state index contributed by atoms with van der Waals surface area (Å²) in [5, 5.41) is 0.472. The molecule has 0 aliphatic heterocycles. The van der Waals surface area contributed by atoms with Crippen LogP contribution in [0.4, 0.5) is 0 Å². The van der Waals surface area contributed by atoms with Gasteiger partial charge in [-0.25, -0.2) is 4.79 Å². The quantitative estimate of drug-likeness (QED) is 0.175. The van der Waals surface area contributed by atoms with Crippen LogP contribution in [0.5, 0.6) is 0 Å². The topological polar surface area (TPSA) is 61.8 Å². The lowest BCUT2D eigenvalue weighted by Gasteiger charge is -2.44. The molecule has 0 aromatic heterocycles. The van der Waals surface area contributed by atoms with Crippen LogP contribution in [0.25, 0.3) is 6.08 Å². The number of esters is 1. The molecule has 7 heteroatoms. The molecular weight excluding hydrogens is 495 g/mol. The lowest BCUT2D eigenvalue weighted by molar-refractivity contribution is -0.151. The molecule has 1 aliphatic carbocycles. The number of hydrogen-bond acceptors (Lipinski definition) is 5. The Hall–Kier alpha value is -1.91. The number of halogens is 1. The SMILES string of the molecule is CCOP(=O)(OCC)/C(=C\c1ccc(Cl)cc1)C(=O)O[C@@H]1C[C@H](C)CC[C@H]1C(C)(C)c1ccccc1. The van der Waals surface area contributed by atoms with E-state index < -0.39 is 13.6 Å². The van der Waals surface area contributed by atoms with Crippen molar-refractivity contribution in [1.82, 2.24) is 0 Å². The summed E-state index contributed by atoms with van der Waals surface area (Å²) in [7, 11) is -3.91. The van der Waals surface area contributed by atoms with Crippen molar-refractivity contribution in [3.8, 4) is 0 Å². The third-order valence-electron chi connectivity index (χ3n) is 7.03. The van der Waals surface area contributed by atoms with Crippen molar-refractivity contribution < 1.29 is 23.1 Å². The molecule has 2 aromatic carbocycles. The summed E-state index contributed by atoms with van der Waals surface area (Å²) in [6, 6.07) is 17.3. The standard InChI is InChI=1S/C29H38ClO5P/c1-6-33-36(32,34-7-2)27(20-22-14-16-24(30)17-15-22)28(31)35-26-19-21(3)13-18-25(26)29(4,5)23-11-9-8-10-12-23/h8-12,14-17,20-21,25-26H,6-7,13,18-19H2,1-5H3/b27-20-/t21-,25-,26-/m1/s1. The van der Waals surface area contributed by atoms with E-state index >= 15 is 0 Å². The van der Waals surface area contributed by atoms with Gasteiger partial charge in [0.2, 0.25) is 0 Å². The van der Waals surface area contributed by atoms with Gasteiger partial charge in [-0.15, -0.1) is 0 Å².